The maximum atomic E-state index is 12.7. The highest BCUT2D eigenvalue weighted by atomic mass is 16.2. The molecule has 2 saturated heterocycles. The van der Waals surface area contributed by atoms with Gasteiger partial charge in [-0.25, -0.2) is 19.9 Å². The number of imidazole rings is 2. The first kappa shape index (κ1) is 55.5. The summed E-state index contributed by atoms with van der Waals surface area (Å²) in [6.07, 6.45) is 14.3. The molecule has 2 aliphatic heterocycles. The van der Waals surface area contributed by atoms with Crippen molar-refractivity contribution in [2.75, 3.05) is 44.2 Å². The average Bonchev–Trinajstić information content (AvgIpc) is 2.62. The van der Waals surface area contributed by atoms with Gasteiger partial charge in [-0.3, -0.25) is 19.2 Å². The maximum Gasteiger partial charge on any atom is 0.270 e. The van der Waals surface area contributed by atoms with Crippen LogP contribution in [0.1, 0.15) is 124 Å². The van der Waals surface area contributed by atoms with Crippen LogP contribution < -0.4 is 16.0 Å². The largest absolute Gasteiger partial charge is 0.372 e. The second-order valence-electron chi connectivity index (χ2n) is 21.9. The van der Waals surface area contributed by atoms with Gasteiger partial charge in [0.05, 0.1) is 44.1 Å². The van der Waals surface area contributed by atoms with E-state index in [2.05, 4.69) is 148 Å². The Morgan fingerprint density at radius 2 is 1.11 bits per heavy atom. The molecule has 0 unspecified atom stereocenters. The first-order valence-corrected chi connectivity index (χ1v) is 30.0. The zero-order valence-corrected chi connectivity index (χ0v) is 48.3. The second-order valence-corrected chi connectivity index (χ2v) is 21.9. The number of aromatic nitrogens is 9. The predicted octanol–water partition coefficient (Wildman–Crippen LogP) is 12.6. The fourth-order valence-electron chi connectivity index (χ4n) is 12.2. The smallest absolute Gasteiger partial charge is 0.270 e. The molecule has 2 aliphatic rings. The van der Waals surface area contributed by atoms with Gasteiger partial charge in [-0.15, -0.1) is 0 Å². The van der Waals surface area contributed by atoms with Crippen LogP contribution in [0, 0.1) is 0 Å². The number of amides is 2. The second kappa shape index (κ2) is 24.8. The molecular weight excluding hydrogens is 1020 g/mol. The summed E-state index contributed by atoms with van der Waals surface area (Å²) in [7, 11) is 0. The lowest BCUT2D eigenvalue weighted by molar-refractivity contribution is -0.128. The van der Waals surface area contributed by atoms with Crippen LogP contribution >= 0.6 is 0 Å². The van der Waals surface area contributed by atoms with Crippen molar-refractivity contribution < 1.29 is 12.4 Å². The highest BCUT2D eigenvalue weighted by molar-refractivity contribution is 6.09. The van der Waals surface area contributed by atoms with Crippen LogP contribution in [0.3, 0.4) is 0 Å². The molecule has 0 saturated carbocycles. The third-order valence-corrected chi connectivity index (χ3v) is 16.6. The van der Waals surface area contributed by atoms with Gasteiger partial charge in [0.15, 0.2) is 0 Å². The maximum absolute atomic E-state index is 12.7. The first-order chi connectivity index (χ1) is 40.0. The first-order valence-electron chi connectivity index (χ1n) is 30.0. The van der Waals surface area contributed by atoms with Gasteiger partial charge in [0.2, 0.25) is 11.8 Å². The molecule has 82 heavy (non-hydrogen) atoms. The van der Waals surface area contributed by atoms with Crippen molar-refractivity contribution in [1.82, 2.24) is 53.4 Å². The summed E-state index contributed by atoms with van der Waals surface area (Å²) >= 11 is 0. The van der Waals surface area contributed by atoms with Crippen molar-refractivity contribution in [3.63, 3.8) is 0 Å². The van der Waals surface area contributed by atoms with Gasteiger partial charge in [-0.2, -0.15) is 0 Å². The van der Waals surface area contributed by atoms with E-state index in [1.165, 1.54) is 27.5 Å². The van der Waals surface area contributed by atoms with Gasteiger partial charge in [0.1, 0.15) is 23.0 Å². The number of carbonyl (C=O) groups is 2. The standard InChI is InChI=1S/C34H36N6O2.C32H40N6O2.2H2/c1-3-5-11-25-34(42)37-26-20-28-31(21-27(26)35-25)40(18-9-17-38-16-8-13-32(38)41)33(36-28)22-14-15-30-24(19-22)23-10-6-7-12-29(23)39(30)4-2;1-4-7-10-25-32(40)35-26-21-28-29(22-27(26)33-25)38(20-9-19-37-18-8-11-31(37)39)30(34-28)17-14-23-12-15-24(16-13-23)36(5-2)6-3;;/h6-7,10,12,14-15,19-21H,3-5,8-9,11,13,16-18H2,1-2H3,(H,37,42);12-17,21-22H,4-11,18-20H2,1-3H3,(H,35,40);2*1H/b;17-14+;;. The molecule has 10 aromatic rings. The Morgan fingerprint density at radius 3 is 1.68 bits per heavy atom. The van der Waals surface area contributed by atoms with E-state index in [-0.39, 0.29) is 25.8 Å². The molecule has 0 aliphatic carbocycles. The Hall–Kier alpha value is -8.40. The van der Waals surface area contributed by atoms with E-state index in [1.54, 1.807) is 0 Å². The third kappa shape index (κ3) is 11.4. The van der Waals surface area contributed by atoms with Crippen LogP contribution in [-0.4, -0.2) is 104 Å². The molecule has 0 radical (unpaired) electrons. The number of unbranched alkanes of at least 4 members (excludes halogenated alkanes) is 2. The SMILES string of the molecule is CCCCc1nc2cc3c(cc2[nH]c1=O)nc(-c1ccc2c(c1)c1ccccc1n2CC)n3CCCN1CCCC1=O.CCCCc1nc2cc3c(cc2[nH]c1=O)nc(/C=C/c1ccc(N(CC)CC)cc1)n3CCCN1CCCC1=O.[HH].[HH]. The van der Waals surface area contributed by atoms with E-state index in [0.29, 0.717) is 48.1 Å². The van der Waals surface area contributed by atoms with Crippen molar-refractivity contribution >= 4 is 95.6 Å². The summed E-state index contributed by atoms with van der Waals surface area (Å²) in [5, 5.41) is 2.45. The Morgan fingerprint density at radius 1 is 0.537 bits per heavy atom. The number of aromatic amines is 2. The minimum atomic E-state index is -0.122. The van der Waals surface area contributed by atoms with Crippen LogP contribution in [0.2, 0.25) is 0 Å². The van der Waals surface area contributed by atoms with Crippen LogP contribution in [-0.2, 0) is 42.1 Å². The lowest BCUT2D eigenvalue weighted by Gasteiger charge is -2.20. The number of nitrogens with zero attached hydrogens (tertiary/aromatic N) is 10. The van der Waals surface area contributed by atoms with Crippen molar-refractivity contribution in [3.8, 4) is 11.4 Å². The summed E-state index contributed by atoms with van der Waals surface area (Å²) in [6.45, 7) is 18.2. The summed E-state index contributed by atoms with van der Waals surface area (Å²) in [6, 6.07) is 31.8. The molecule has 12 rings (SSSR count). The number of fused-ring (bicyclic) bond motifs is 7. The quantitative estimate of drug-likeness (QED) is 0.0709. The molecule has 2 N–H and O–H groups in total. The number of likely N-dealkylation sites (tertiary alicyclic amines) is 2. The Balaban J connectivity index is 0.000000197. The van der Waals surface area contributed by atoms with Crippen LogP contribution in [0.5, 0.6) is 0 Å². The third-order valence-electron chi connectivity index (χ3n) is 16.6. The molecular formula is C66H80N12O4. The molecule has 0 bridgehead atoms. The summed E-state index contributed by atoms with van der Waals surface area (Å²) in [5.41, 5.74) is 13.3. The predicted molar refractivity (Wildman–Crippen MR) is 337 cm³/mol. The lowest BCUT2D eigenvalue weighted by Crippen LogP contribution is -2.26. The van der Waals surface area contributed by atoms with Crippen molar-refractivity contribution in [1.29, 1.82) is 0 Å². The van der Waals surface area contributed by atoms with Gasteiger partial charge in [-0.1, -0.05) is 63.1 Å². The Bertz CT molecular complexity index is 4130. The number of rotatable bonds is 21. The van der Waals surface area contributed by atoms with Crippen LogP contribution in [0.15, 0.2) is 101 Å². The minimum Gasteiger partial charge on any atom is -0.372 e. The van der Waals surface area contributed by atoms with E-state index >= 15 is 0 Å². The minimum absolute atomic E-state index is 0. The van der Waals surface area contributed by atoms with Gasteiger partial charge in [0.25, 0.3) is 11.1 Å². The number of H-pyrrole nitrogens is 2. The van der Waals surface area contributed by atoms with Gasteiger partial charge >= 0.3 is 0 Å². The molecule has 5 aromatic carbocycles. The Labute approximate surface area is 480 Å². The average molecular weight is 1110 g/mol. The number of para-hydroxylation sites is 1. The number of nitrogens with one attached hydrogen (secondary N) is 2. The summed E-state index contributed by atoms with van der Waals surface area (Å²) in [4.78, 5) is 81.7. The highest BCUT2D eigenvalue weighted by Gasteiger charge is 2.23. The number of anilines is 1. The topological polar surface area (TPSA) is 176 Å². The molecule has 7 heterocycles. The highest BCUT2D eigenvalue weighted by Crippen LogP contribution is 2.35. The molecule has 5 aromatic heterocycles. The van der Waals surface area contributed by atoms with Gasteiger partial charge < -0.3 is 38.4 Å². The van der Waals surface area contributed by atoms with E-state index in [9.17, 15) is 19.2 Å². The molecule has 428 valence electrons. The number of benzene rings is 5. The number of hydrogen-bond acceptors (Lipinski definition) is 9. The van der Waals surface area contributed by atoms with E-state index in [4.69, 9.17) is 19.9 Å². The zero-order valence-electron chi connectivity index (χ0n) is 48.3. The van der Waals surface area contributed by atoms with Crippen molar-refractivity contribution in [3.05, 3.63) is 134 Å². The monoisotopic (exact) mass is 1100 g/mol. The van der Waals surface area contributed by atoms with Crippen molar-refractivity contribution in [2.45, 2.75) is 131 Å². The molecule has 16 heteroatoms. The van der Waals surface area contributed by atoms with Gasteiger partial charge in [0, 0.05) is 108 Å². The summed E-state index contributed by atoms with van der Waals surface area (Å²) in [5.74, 6) is 2.24. The summed E-state index contributed by atoms with van der Waals surface area (Å²) < 4.78 is 6.85. The van der Waals surface area contributed by atoms with E-state index in [1.807, 2.05) is 28.0 Å². The van der Waals surface area contributed by atoms with Gasteiger partial charge in [-0.05, 0) is 144 Å². The van der Waals surface area contributed by atoms with Crippen LogP contribution in [0.25, 0.3) is 89.5 Å². The zero-order chi connectivity index (χ0) is 56.9. The molecule has 2 fully saturated rings. The molecule has 0 spiro atoms. The fraction of sp³-hybridized carbons (Fsp3) is 0.394. The number of carbonyl (C=O) groups excluding carboxylic acids is 2. The molecule has 2 amide bonds. The fourth-order valence-corrected chi connectivity index (χ4v) is 12.2. The molecule has 0 atom stereocenters. The Kier molecular flexibility index (Phi) is 16.8. The van der Waals surface area contributed by atoms with E-state index in [0.717, 1.165) is 166 Å². The normalized spacial score (nSPS) is 13.9. The molecule has 16 nitrogen and oxygen atoms in total. The number of aryl methyl sites for hydroxylation is 5. The van der Waals surface area contributed by atoms with Crippen LogP contribution in [0.4, 0.5) is 5.69 Å². The lowest BCUT2D eigenvalue weighted by atomic mass is 10.1. The van der Waals surface area contributed by atoms with E-state index < -0.39 is 0 Å². The van der Waals surface area contributed by atoms with Crippen molar-refractivity contribution in [2.24, 2.45) is 0 Å². The number of hydrogen-bond donors (Lipinski definition) is 2.